The van der Waals surface area contributed by atoms with Gasteiger partial charge in [0, 0.05) is 36.8 Å². The van der Waals surface area contributed by atoms with Crippen molar-refractivity contribution in [3.8, 4) is 0 Å². The topological polar surface area (TPSA) is 134 Å². The van der Waals surface area contributed by atoms with Gasteiger partial charge in [-0.3, -0.25) is 9.62 Å². The van der Waals surface area contributed by atoms with E-state index in [1.54, 1.807) is 48.5 Å². The number of hydrogen-bond acceptors (Lipinski definition) is 11. The monoisotopic (exact) mass is 714 g/mol. The number of rotatable bonds is 8. The van der Waals surface area contributed by atoms with Crippen LogP contribution in [0.4, 0.5) is 5.69 Å². The highest BCUT2D eigenvalue weighted by molar-refractivity contribution is 7.92. The van der Waals surface area contributed by atoms with E-state index in [1.807, 2.05) is 30.3 Å². The van der Waals surface area contributed by atoms with Gasteiger partial charge in [0.25, 0.3) is 10.0 Å². The van der Waals surface area contributed by atoms with Gasteiger partial charge in [-0.15, -0.1) is 0 Å². The molecule has 2 heterocycles. The maximum Gasteiger partial charge on any atom is 0.261 e. The third-order valence-electron chi connectivity index (χ3n) is 8.62. The zero-order valence-corrected chi connectivity index (χ0v) is 29.5. The highest BCUT2D eigenvalue weighted by atomic mass is 32.2. The number of ether oxygens (including phenoxy) is 7. The van der Waals surface area contributed by atoms with Crippen LogP contribution < -0.4 is 4.72 Å². The highest BCUT2D eigenvalue weighted by Gasteiger charge is 2.39. The molecule has 50 heavy (non-hydrogen) atoms. The average molecular weight is 715 g/mol. The second-order valence-electron chi connectivity index (χ2n) is 12.2. The molecule has 0 aliphatic carbocycles. The van der Waals surface area contributed by atoms with Crippen LogP contribution in [0.15, 0.2) is 83.8 Å². The Morgan fingerprint density at radius 2 is 1.28 bits per heavy atom. The lowest BCUT2D eigenvalue weighted by atomic mass is 9.90. The van der Waals surface area contributed by atoms with Gasteiger partial charge in [-0.05, 0) is 35.4 Å². The van der Waals surface area contributed by atoms with Gasteiger partial charge in [-0.2, -0.15) is 0 Å². The number of aliphatic hydroxyl groups excluding tert-OH is 1. The molecule has 4 unspecified atom stereocenters. The normalized spacial score (nSPS) is 24.5. The van der Waals surface area contributed by atoms with Crippen molar-refractivity contribution < 1.29 is 46.7 Å². The van der Waals surface area contributed by atoms with E-state index in [4.69, 9.17) is 33.2 Å². The van der Waals surface area contributed by atoms with Gasteiger partial charge in [0.15, 0.2) is 6.29 Å². The van der Waals surface area contributed by atoms with Gasteiger partial charge in [0.1, 0.15) is 0 Å². The van der Waals surface area contributed by atoms with E-state index in [1.165, 1.54) is 0 Å². The van der Waals surface area contributed by atoms with Crippen molar-refractivity contribution in [1.82, 2.24) is 4.90 Å². The Labute approximate surface area is 295 Å². The van der Waals surface area contributed by atoms with E-state index >= 15 is 0 Å². The maximum atomic E-state index is 13.1. The van der Waals surface area contributed by atoms with Crippen LogP contribution in [-0.4, -0.2) is 110 Å². The molecule has 2 aliphatic rings. The Bertz CT molecular complexity index is 1490. The molecule has 0 aromatic heterocycles. The number of hydrogen-bond donors (Lipinski definition) is 2. The molecule has 2 fully saturated rings. The Kier molecular flexibility index (Phi) is 15.5. The van der Waals surface area contributed by atoms with Crippen LogP contribution in [0.3, 0.4) is 0 Å². The van der Waals surface area contributed by atoms with Crippen molar-refractivity contribution in [3.63, 3.8) is 0 Å². The van der Waals surface area contributed by atoms with E-state index in [2.05, 4.69) is 16.5 Å². The van der Waals surface area contributed by atoms with Gasteiger partial charge < -0.3 is 38.3 Å². The molecular formula is C37H50N2O10S. The zero-order valence-electron chi connectivity index (χ0n) is 28.7. The second kappa shape index (κ2) is 20.2. The largest absolute Gasteiger partial charge is 0.392 e. The molecule has 4 atom stereocenters. The number of nitrogens with one attached hydrogen (secondary N) is 1. The number of benzene rings is 3. The minimum Gasteiger partial charge on any atom is -0.392 e. The average Bonchev–Trinajstić information content (AvgIpc) is 3.13. The molecule has 5 rings (SSSR count). The Morgan fingerprint density at radius 1 is 0.700 bits per heavy atom. The van der Waals surface area contributed by atoms with Gasteiger partial charge in [-0.1, -0.05) is 61.5 Å². The number of anilines is 1. The number of aliphatic hydroxyl groups is 1. The summed E-state index contributed by atoms with van der Waals surface area (Å²) in [5.41, 5.74) is 2.86. The van der Waals surface area contributed by atoms with Crippen LogP contribution in [0.2, 0.25) is 0 Å². The summed E-state index contributed by atoms with van der Waals surface area (Å²) in [6.45, 7) is 8.97. The minimum atomic E-state index is -3.79. The van der Waals surface area contributed by atoms with Crippen molar-refractivity contribution in [2.24, 2.45) is 5.92 Å². The highest BCUT2D eigenvalue weighted by Crippen LogP contribution is 2.42. The maximum absolute atomic E-state index is 13.1. The zero-order chi connectivity index (χ0) is 35.0. The first kappa shape index (κ1) is 38.3. The first-order valence-corrected chi connectivity index (χ1v) is 18.7. The summed E-state index contributed by atoms with van der Waals surface area (Å²) < 4.78 is 70.8. The first-order valence-electron chi connectivity index (χ1n) is 17.2. The molecular weight excluding hydrogens is 664 g/mol. The van der Waals surface area contributed by atoms with Crippen LogP contribution >= 0.6 is 0 Å². The number of sulfonamides is 1. The van der Waals surface area contributed by atoms with Crippen molar-refractivity contribution >= 4 is 15.7 Å². The summed E-state index contributed by atoms with van der Waals surface area (Å²) in [4.78, 5) is 2.45. The third kappa shape index (κ3) is 11.8. The van der Waals surface area contributed by atoms with Gasteiger partial charge in [0.2, 0.25) is 0 Å². The molecule has 274 valence electrons. The lowest BCUT2D eigenvalue weighted by Gasteiger charge is -2.43. The van der Waals surface area contributed by atoms with E-state index < -0.39 is 16.3 Å². The van der Waals surface area contributed by atoms with Crippen molar-refractivity contribution in [2.75, 3.05) is 90.4 Å². The van der Waals surface area contributed by atoms with Crippen molar-refractivity contribution in [2.45, 2.75) is 36.9 Å². The summed E-state index contributed by atoms with van der Waals surface area (Å²) in [7, 11) is -3.79. The van der Waals surface area contributed by atoms with Crippen molar-refractivity contribution in [1.29, 1.82) is 0 Å². The van der Waals surface area contributed by atoms with E-state index in [0.717, 1.165) is 11.1 Å². The summed E-state index contributed by atoms with van der Waals surface area (Å²) in [5.74, 6) is -0.0510. The Morgan fingerprint density at radius 3 is 1.86 bits per heavy atom. The predicted octanol–water partition coefficient (Wildman–Crippen LogP) is 4.17. The molecule has 0 bridgehead atoms. The summed E-state index contributed by atoms with van der Waals surface area (Å²) in [6, 6.07) is 23.1. The molecule has 13 heteroatoms. The van der Waals surface area contributed by atoms with Crippen LogP contribution in [0, 0.1) is 5.92 Å². The van der Waals surface area contributed by atoms with Gasteiger partial charge in [-0.25, -0.2) is 8.42 Å². The molecule has 2 N–H and O–H groups in total. The lowest BCUT2D eigenvalue weighted by molar-refractivity contribution is -0.276. The quantitative estimate of drug-likeness (QED) is 0.348. The van der Waals surface area contributed by atoms with Gasteiger partial charge in [0.05, 0.1) is 89.8 Å². The molecule has 3 aromatic carbocycles. The second-order valence-corrected chi connectivity index (χ2v) is 13.9. The van der Waals surface area contributed by atoms with E-state index in [-0.39, 0.29) is 29.6 Å². The molecule has 2 aliphatic heterocycles. The van der Waals surface area contributed by atoms with Crippen LogP contribution in [-0.2, 0) is 49.8 Å². The smallest absolute Gasteiger partial charge is 0.261 e. The van der Waals surface area contributed by atoms with Crippen LogP contribution in [0.5, 0.6) is 0 Å². The summed E-state index contributed by atoms with van der Waals surface area (Å²) >= 11 is 0. The standard InChI is InChI=1S/C37H50N2O10S/c1-29-35(27-39-14-16-43-18-20-45-22-24-47-25-23-46-21-19-44-17-15-39)48-37(49-36(29)31-12-10-30(28-40)11-13-31)32-6-5-7-33(26-32)38-50(41,42)34-8-3-2-4-9-34/h2-13,26,29,35-38,40H,14-25,27-28H2,1H3. The fraction of sp³-hybridized carbons (Fsp3) is 0.514. The molecule has 0 amide bonds. The molecule has 0 spiro atoms. The summed E-state index contributed by atoms with van der Waals surface area (Å²) in [5, 5.41) is 9.63. The third-order valence-corrected chi connectivity index (χ3v) is 10.0. The predicted molar refractivity (Wildman–Crippen MR) is 187 cm³/mol. The molecule has 3 aromatic rings. The minimum absolute atomic E-state index is 0.0484. The lowest BCUT2D eigenvalue weighted by Crippen LogP contribution is -2.46. The fourth-order valence-electron chi connectivity index (χ4n) is 5.81. The fourth-order valence-corrected chi connectivity index (χ4v) is 6.88. The number of nitrogens with zero attached hydrogens (tertiary/aromatic N) is 1. The van der Waals surface area contributed by atoms with Gasteiger partial charge >= 0.3 is 0 Å². The molecule has 0 saturated carbocycles. The van der Waals surface area contributed by atoms with Crippen LogP contribution in [0.1, 0.15) is 36.0 Å². The Hall–Kier alpha value is -2.95. The van der Waals surface area contributed by atoms with E-state index in [0.29, 0.717) is 97.0 Å². The van der Waals surface area contributed by atoms with E-state index in [9.17, 15) is 13.5 Å². The SMILES string of the molecule is CC1C(CN2CCOCCOCCOCCOCCOCC2)OC(c2cccc(NS(=O)(=O)c3ccccc3)c2)OC1c1ccc(CO)cc1. The molecule has 0 radical (unpaired) electrons. The molecule has 12 nitrogen and oxygen atoms in total. The first-order chi connectivity index (χ1) is 24.4. The van der Waals surface area contributed by atoms with Crippen LogP contribution in [0.25, 0.3) is 0 Å². The molecule has 2 saturated heterocycles. The van der Waals surface area contributed by atoms with Crippen molar-refractivity contribution in [3.05, 3.63) is 95.6 Å². The summed E-state index contributed by atoms with van der Waals surface area (Å²) in [6.07, 6.45) is -1.36. The Balaban J connectivity index is 1.33.